The third-order valence-corrected chi connectivity index (χ3v) is 4.09. The smallest absolute Gasteiger partial charge is 0.274 e. The van der Waals surface area contributed by atoms with Crippen LogP contribution in [0.3, 0.4) is 0 Å². The van der Waals surface area contributed by atoms with Gasteiger partial charge in [-0.05, 0) is 49.9 Å². The molecule has 4 nitrogen and oxygen atoms in total. The molecule has 4 heteroatoms. The van der Waals surface area contributed by atoms with Crippen LogP contribution in [0.15, 0.2) is 42.6 Å². The standard InChI is InChI=1S/C18H21N3O/c1-14-7-3-4-8-16(14)20-18(22)17-13-15(9-10-19-17)21-11-5-2-6-12-21/h3-4,7-10,13H,2,5-6,11-12H2,1H3,(H,20,22). The number of nitrogens with zero attached hydrogens (tertiary/aromatic N) is 2. The molecule has 0 aliphatic carbocycles. The Morgan fingerprint density at radius 1 is 1.14 bits per heavy atom. The van der Waals surface area contributed by atoms with Gasteiger partial charge in [0.15, 0.2) is 0 Å². The minimum atomic E-state index is -0.159. The quantitative estimate of drug-likeness (QED) is 0.940. The number of carbonyl (C=O) groups is 1. The number of carbonyl (C=O) groups excluding carboxylic acids is 1. The molecule has 1 amide bonds. The molecule has 0 radical (unpaired) electrons. The predicted octanol–water partition coefficient (Wildman–Crippen LogP) is 3.63. The van der Waals surface area contributed by atoms with E-state index in [1.807, 2.05) is 43.3 Å². The van der Waals surface area contributed by atoms with Crippen molar-refractivity contribution in [3.63, 3.8) is 0 Å². The molecule has 1 aromatic carbocycles. The van der Waals surface area contributed by atoms with Gasteiger partial charge >= 0.3 is 0 Å². The van der Waals surface area contributed by atoms with Gasteiger partial charge in [0, 0.05) is 30.7 Å². The van der Waals surface area contributed by atoms with Gasteiger partial charge in [-0.2, -0.15) is 0 Å². The number of piperidine rings is 1. The van der Waals surface area contributed by atoms with Crippen molar-refractivity contribution in [1.82, 2.24) is 4.98 Å². The number of hydrogen-bond donors (Lipinski definition) is 1. The normalized spacial score (nSPS) is 14.7. The van der Waals surface area contributed by atoms with Crippen molar-refractivity contribution in [2.45, 2.75) is 26.2 Å². The summed E-state index contributed by atoms with van der Waals surface area (Å²) in [7, 11) is 0. The molecular formula is C18H21N3O. The van der Waals surface area contributed by atoms with E-state index in [-0.39, 0.29) is 5.91 Å². The first-order valence-electron chi connectivity index (χ1n) is 7.82. The van der Waals surface area contributed by atoms with Crippen LogP contribution in [0.1, 0.15) is 35.3 Å². The van der Waals surface area contributed by atoms with Gasteiger partial charge in [-0.3, -0.25) is 9.78 Å². The fourth-order valence-electron chi connectivity index (χ4n) is 2.79. The molecule has 22 heavy (non-hydrogen) atoms. The SMILES string of the molecule is Cc1ccccc1NC(=O)c1cc(N2CCCCC2)ccn1. The van der Waals surface area contributed by atoms with Gasteiger partial charge in [0.2, 0.25) is 0 Å². The van der Waals surface area contributed by atoms with Crippen molar-refractivity contribution >= 4 is 17.3 Å². The Hall–Kier alpha value is -2.36. The first-order chi connectivity index (χ1) is 10.7. The molecule has 2 aromatic rings. The monoisotopic (exact) mass is 295 g/mol. The van der Waals surface area contributed by atoms with Gasteiger partial charge in [0.05, 0.1) is 0 Å². The van der Waals surface area contributed by atoms with Crippen LogP contribution in [-0.4, -0.2) is 24.0 Å². The van der Waals surface area contributed by atoms with E-state index in [9.17, 15) is 4.79 Å². The van der Waals surface area contributed by atoms with E-state index in [4.69, 9.17) is 0 Å². The molecule has 0 atom stereocenters. The topological polar surface area (TPSA) is 45.2 Å². The predicted molar refractivity (Wildman–Crippen MR) is 89.4 cm³/mol. The lowest BCUT2D eigenvalue weighted by molar-refractivity contribution is 0.102. The van der Waals surface area contributed by atoms with Crippen LogP contribution in [0.4, 0.5) is 11.4 Å². The van der Waals surface area contributed by atoms with Crippen molar-refractivity contribution in [3.05, 3.63) is 53.9 Å². The molecule has 2 heterocycles. The van der Waals surface area contributed by atoms with Crippen LogP contribution in [0, 0.1) is 6.92 Å². The molecule has 114 valence electrons. The van der Waals surface area contributed by atoms with Crippen LogP contribution in [0.25, 0.3) is 0 Å². The number of anilines is 2. The second kappa shape index (κ2) is 6.60. The molecule has 0 spiro atoms. The van der Waals surface area contributed by atoms with Crippen LogP contribution >= 0.6 is 0 Å². The van der Waals surface area contributed by atoms with E-state index in [2.05, 4.69) is 15.2 Å². The maximum absolute atomic E-state index is 12.4. The van der Waals surface area contributed by atoms with Crippen LogP contribution in [-0.2, 0) is 0 Å². The van der Waals surface area contributed by atoms with Gasteiger partial charge in [0.1, 0.15) is 5.69 Å². The van der Waals surface area contributed by atoms with E-state index < -0.39 is 0 Å². The zero-order valence-electron chi connectivity index (χ0n) is 12.9. The molecule has 1 saturated heterocycles. The minimum absolute atomic E-state index is 0.159. The number of benzene rings is 1. The second-order valence-corrected chi connectivity index (χ2v) is 5.72. The summed E-state index contributed by atoms with van der Waals surface area (Å²) in [6, 6.07) is 11.6. The molecule has 1 aliphatic heterocycles. The Kier molecular flexibility index (Phi) is 4.37. The Balaban J connectivity index is 1.76. The Labute approximate surface area is 131 Å². The largest absolute Gasteiger partial charge is 0.371 e. The number of rotatable bonds is 3. The maximum atomic E-state index is 12.4. The molecule has 1 aromatic heterocycles. The fourth-order valence-corrected chi connectivity index (χ4v) is 2.79. The summed E-state index contributed by atoms with van der Waals surface area (Å²) in [4.78, 5) is 19.0. The van der Waals surface area contributed by atoms with Crippen molar-refractivity contribution in [2.24, 2.45) is 0 Å². The summed E-state index contributed by atoms with van der Waals surface area (Å²) < 4.78 is 0. The molecule has 0 bridgehead atoms. The molecule has 0 unspecified atom stereocenters. The van der Waals surface area contributed by atoms with E-state index in [0.717, 1.165) is 30.0 Å². The van der Waals surface area contributed by atoms with Crippen LogP contribution in [0.2, 0.25) is 0 Å². The number of amides is 1. The van der Waals surface area contributed by atoms with Crippen LogP contribution in [0.5, 0.6) is 0 Å². The van der Waals surface area contributed by atoms with Crippen molar-refractivity contribution in [3.8, 4) is 0 Å². The first kappa shape index (κ1) is 14.6. The van der Waals surface area contributed by atoms with Gasteiger partial charge in [-0.25, -0.2) is 0 Å². The molecule has 0 saturated carbocycles. The summed E-state index contributed by atoms with van der Waals surface area (Å²) in [5.74, 6) is -0.159. The van der Waals surface area contributed by atoms with Gasteiger partial charge in [-0.1, -0.05) is 18.2 Å². The summed E-state index contributed by atoms with van der Waals surface area (Å²) in [6.07, 6.45) is 5.44. The number of aromatic nitrogens is 1. The highest BCUT2D eigenvalue weighted by molar-refractivity contribution is 6.03. The zero-order chi connectivity index (χ0) is 15.4. The zero-order valence-corrected chi connectivity index (χ0v) is 12.9. The molecule has 3 rings (SSSR count). The van der Waals surface area contributed by atoms with Gasteiger partial charge < -0.3 is 10.2 Å². The maximum Gasteiger partial charge on any atom is 0.274 e. The fraction of sp³-hybridized carbons (Fsp3) is 0.333. The summed E-state index contributed by atoms with van der Waals surface area (Å²) >= 11 is 0. The Bertz CT molecular complexity index is 663. The lowest BCUT2D eigenvalue weighted by atomic mass is 10.1. The van der Waals surface area contributed by atoms with Crippen LogP contribution < -0.4 is 10.2 Å². The van der Waals surface area contributed by atoms with Gasteiger partial charge in [0.25, 0.3) is 5.91 Å². The van der Waals surface area contributed by atoms with E-state index in [1.54, 1.807) is 6.20 Å². The molecule has 1 fully saturated rings. The number of pyridine rings is 1. The van der Waals surface area contributed by atoms with E-state index >= 15 is 0 Å². The third kappa shape index (κ3) is 3.27. The lowest BCUT2D eigenvalue weighted by Gasteiger charge is -2.28. The number of hydrogen-bond acceptors (Lipinski definition) is 3. The average molecular weight is 295 g/mol. The highest BCUT2D eigenvalue weighted by Crippen LogP contribution is 2.21. The van der Waals surface area contributed by atoms with Crippen molar-refractivity contribution < 1.29 is 4.79 Å². The Morgan fingerprint density at radius 3 is 2.68 bits per heavy atom. The second-order valence-electron chi connectivity index (χ2n) is 5.72. The van der Waals surface area contributed by atoms with Crippen molar-refractivity contribution in [2.75, 3.05) is 23.3 Å². The summed E-state index contributed by atoms with van der Waals surface area (Å²) in [6.45, 7) is 4.10. The summed E-state index contributed by atoms with van der Waals surface area (Å²) in [5.41, 5.74) is 3.43. The lowest BCUT2D eigenvalue weighted by Crippen LogP contribution is -2.29. The molecule has 1 N–H and O–H groups in total. The van der Waals surface area contributed by atoms with Gasteiger partial charge in [-0.15, -0.1) is 0 Å². The number of nitrogens with one attached hydrogen (secondary N) is 1. The summed E-state index contributed by atoms with van der Waals surface area (Å²) in [5, 5.41) is 2.94. The highest BCUT2D eigenvalue weighted by atomic mass is 16.1. The van der Waals surface area contributed by atoms with Crippen molar-refractivity contribution in [1.29, 1.82) is 0 Å². The molecular weight excluding hydrogens is 274 g/mol. The minimum Gasteiger partial charge on any atom is -0.371 e. The third-order valence-electron chi connectivity index (χ3n) is 4.09. The Morgan fingerprint density at radius 2 is 1.91 bits per heavy atom. The number of para-hydroxylation sites is 1. The highest BCUT2D eigenvalue weighted by Gasteiger charge is 2.14. The first-order valence-corrected chi connectivity index (χ1v) is 7.82. The van der Waals surface area contributed by atoms with E-state index in [1.165, 1.54) is 19.3 Å². The number of aryl methyl sites for hydroxylation is 1. The molecule has 1 aliphatic rings. The average Bonchev–Trinajstić information content (AvgIpc) is 2.58. The van der Waals surface area contributed by atoms with E-state index in [0.29, 0.717) is 5.69 Å².